The molecule has 0 unspecified atom stereocenters. The molecule has 0 saturated carbocycles. The highest BCUT2D eigenvalue weighted by Crippen LogP contribution is 2.21. The molecule has 0 spiro atoms. The highest BCUT2D eigenvalue weighted by molar-refractivity contribution is 9.10. The summed E-state index contributed by atoms with van der Waals surface area (Å²) in [6, 6.07) is 6.26. The van der Waals surface area contributed by atoms with Gasteiger partial charge < -0.3 is 4.98 Å². The molecule has 1 aromatic carbocycles. The third-order valence-electron chi connectivity index (χ3n) is 3.37. The fraction of sp³-hybridized carbons (Fsp3) is 0.357. The number of aromatic amines is 1. The standard InChI is InChI=1S/C14H16BrN3/c15-12-4-5-14-13(8-12)11(9-16-14)10-17-18-6-2-1-3-7-18/h4-5,8-10,16H,1-3,6-7H2/b17-10+. The minimum absolute atomic E-state index is 1.09. The van der Waals surface area contributed by atoms with Crippen LogP contribution < -0.4 is 0 Å². The van der Waals surface area contributed by atoms with E-state index in [1.807, 2.05) is 18.5 Å². The number of piperidine rings is 1. The molecule has 1 aliphatic heterocycles. The van der Waals surface area contributed by atoms with Gasteiger partial charge in [-0.2, -0.15) is 5.10 Å². The maximum absolute atomic E-state index is 4.58. The van der Waals surface area contributed by atoms with Crippen LogP contribution in [0.3, 0.4) is 0 Å². The van der Waals surface area contributed by atoms with Crippen molar-refractivity contribution in [1.82, 2.24) is 9.99 Å². The van der Waals surface area contributed by atoms with Crippen LogP contribution in [0.2, 0.25) is 0 Å². The number of halogens is 1. The van der Waals surface area contributed by atoms with Crippen LogP contribution in [-0.2, 0) is 0 Å². The largest absolute Gasteiger partial charge is 0.361 e. The van der Waals surface area contributed by atoms with E-state index in [0.717, 1.165) is 28.6 Å². The molecule has 1 aromatic heterocycles. The summed E-state index contributed by atoms with van der Waals surface area (Å²) in [5.41, 5.74) is 2.30. The van der Waals surface area contributed by atoms with E-state index in [2.05, 4.69) is 43.2 Å². The average Bonchev–Trinajstić information content (AvgIpc) is 2.80. The average molecular weight is 306 g/mol. The molecule has 1 saturated heterocycles. The molecular formula is C14H16BrN3. The van der Waals surface area contributed by atoms with E-state index in [4.69, 9.17) is 0 Å². The molecule has 2 heterocycles. The molecule has 4 heteroatoms. The highest BCUT2D eigenvalue weighted by Gasteiger charge is 2.07. The Kier molecular flexibility index (Phi) is 3.37. The number of benzene rings is 1. The van der Waals surface area contributed by atoms with E-state index >= 15 is 0 Å². The topological polar surface area (TPSA) is 31.4 Å². The first-order valence-electron chi connectivity index (χ1n) is 6.38. The lowest BCUT2D eigenvalue weighted by atomic mass is 10.2. The first kappa shape index (κ1) is 11.8. The van der Waals surface area contributed by atoms with Crippen LogP contribution in [0.5, 0.6) is 0 Å². The van der Waals surface area contributed by atoms with Gasteiger partial charge in [0.05, 0.1) is 6.21 Å². The Morgan fingerprint density at radius 2 is 2.06 bits per heavy atom. The first-order chi connectivity index (χ1) is 8.83. The van der Waals surface area contributed by atoms with Crippen LogP contribution in [0.1, 0.15) is 24.8 Å². The zero-order chi connectivity index (χ0) is 12.4. The van der Waals surface area contributed by atoms with E-state index in [1.54, 1.807) is 0 Å². The summed E-state index contributed by atoms with van der Waals surface area (Å²) in [7, 11) is 0. The molecule has 1 fully saturated rings. The second kappa shape index (κ2) is 5.14. The zero-order valence-corrected chi connectivity index (χ0v) is 11.8. The van der Waals surface area contributed by atoms with Crippen molar-refractivity contribution < 1.29 is 0 Å². The third-order valence-corrected chi connectivity index (χ3v) is 3.86. The normalized spacial score (nSPS) is 16.8. The highest BCUT2D eigenvalue weighted by atomic mass is 79.9. The van der Waals surface area contributed by atoms with Gasteiger partial charge in [-0.3, -0.25) is 5.01 Å². The molecular weight excluding hydrogens is 290 g/mol. The van der Waals surface area contributed by atoms with Crippen LogP contribution in [0.15, 0.2) is 34.0 Å². The van der Waals surface area contributed by atoms with Gasteiger partial charge in [-0.05, 0) is 37.5 Å². The first-order valence-corrected chi connectivity index (χ1v) is 7.18. The molecule has 0 radical (unpaired) electrons. The van der Waals surface area contributed by atoms with Crippen molar-refractivity contribution >= 4 is 33.0 Å². The molecule has 0 aliphatic carbocycles. The number of nitrogens with zero attached hydrogens (tertiary/aromatic N) is 2. The van der Waals surface area contributed by atoms with E-state index in [-0.39, 0.29) is 0 Å². The van der Waals surface area contributed by atoms with Crippen molar-refractivity contribution in [3.05, 3.63) is 34.4 Å². The summed E-state index contributed by atoms with van der Waals surface area (Å²) < 4.78 is 1.10. The van der Waals surface area contributed by atoms with Gasteiger partial charge in [0.15, 0.2) is 0 Å². The second-order valence-electron chi connectivity index (χ2n) is 4.69. The minimum Gasteiger partial charge on any atom is -0.361 e. The smallest absolute Gasteiger partial charge is 0.0564 e. The number of fused-ring (bicyclic) bond motifs is 1. The molecule has 0 bridgehead atoms. The van der Waals surface area contributed by atoms with Crippen molar-refractivity contribution in [3.63, 3.8) is 0 Å². The predicted octanol–water partition coefficient (Wildman–Crippen LogP) is 3.75. The lowest BCUT2D eigenvalue weighted by Crippen LogP contribution is -2.24. The lowest BCUT2D eigenvalue weighted by molar-refractivity contribution is 0.240. The number of hydrogen-bond acceptors (Lipinski definition) is 2. The third kappa shape index (κ3) is 2.43. The van der Waals surface area contributed by atoms with Crippen LogP contribution in [0.25, 0.3) is 10.9 Å². The van der Waals surface area contributed by atoms with Gasteiger partial charge in [-0.1, -0.05) is 15.9 Å². The van der Waals surface area contributed by atoms with Gasteiger partial charge in [-0.25, -0.2) is 0 Å². The number of hydrogen-bond donors (Lipinski definition) is 1. The van der Waals surface area contributed by atoms with Crippen LogP contribution in [-0.4, -0.2) is 29.3 Å². The van der Waals surface area contributed by atoms with E-state index in [0.29, 0.717) is 0 Å². The number of hydrazone groups is 1. The maximum Gasteiger partial charge on any atom is 0.0564 e. The Hall–Kier alpha value is -1.29. The van der Waals surface area contributed by atoms with Crippen molar-refractivity contribution in [2.45, 2.75) is 19.3 Å². The van der Waals surface area contributed by atoms with E-state index < -0.39 is 0 Å². The van der Waals surface area contributed by atoms with E-state index in [9.17, 15) is 0 Å². The Morgan fingerprint density at radius 1 is 1.22 bits per heavy atom. The van der Waals surface area contributed by atoms with Crippen molar-refractivity contribution in [2.75, 3.05) is 13.1 Å². The molecule has 1 N–H and O–H groups in total. The Balaban J connectivity index is 1.85. The molecule has 3 rings (SSSR count). The number of H-pyrrole nitrogens is 1. The molecule has 2 aromatic rings. The summed E-state index contributed by atoms with van der Waals surface area (Å²) in [6.07, 6.45) is 7.85. The predicted molar refractivity (Wildman–Crippen MR) is 79.0 cm³/mol. The SMILES string of the molecule is Brc1ccc2[nH]cc(/C=N/N3CCCCC3)c2c1. The molecule has 3 nitrogen and oxygen atoms in total. The number of nitrogens with one attached hydrogen (secondary N) is 1. The van der Waals surface area contributed by atoms with Gasteiger partial charge in [0, 0.05) is 40.2 Å². The second-order valence-corrected chi connectivity index (χ2v) is 5.61. The fourth-order valence-corrected chi connectivity index (χ4v) is 2.72. The van der Waals surface area contributed by atoms with Crippen molar-refractivity contribution in [2.24, 2.45) is 5.10 Å². The van der Waals surface area contributed by atoms with E-state index in [1.165, 1.54) is 24.6 Å². The number of aromatic nitrogens is 1. The van der Waals surface area contributed by atoms with Gasteiger partial charge >= 0.3 is 0 Å². The lowest BCUT2D eigenvalue weighted by Gasteiger charge is -2.23. The number of rotatable bonds is 2. The van der Waals surface area contributed by atoms with Crippen molar-refractivity contribution in [1.29, 1.82) is 0 Å². The van der Waals surface area contributed by atoms with Gasteiger partial charge in [0.1, 0.15) is 0 Å². The Labute approximate surface area is 115 Å². The quantitative estimate of drug-likeness (QED) is 0.842. The van der Waals surface area contributed by atoms with Gasteiger partial charge in [-0.15, -0.1) is 0 Å². The Morgan fingerprint density at radius 3 is 2.89 bits per heavy atom. The van der Waals surface area contributed by atoms with Crippen LogP contribution in [0.4, 0.5) is 0 Å². The summed E-state index contributed by atoms with van der Waals surface area (Å²) in [5, 5.41) is 7.96. The van der Waals surface area contributed by atoms with Gasteiger partial charge in [0.2, 0.25) is 0 Å². The van der Waals surface area contributed by atoms with Crippen molar-refractivity contribution in [3.8, 4) is 0 Å². The summed E-state index contributed by atoms with van der Waals surface area (Å²) in [4.78, 5) is 3.27. The monoisotopic (exact) mass is 305 g/mol. The maximum atomic E-state index is 4.58. The van der Waals surface area contributed by atoms with Crippen LogP contribution in [0, 0.1) is 0 Å². The minimum atomic E-state index is 1.09. The molecule has 1 aliphatic rings. The summed E-state index contributed by atoms with van der Waals surface area (Å²) >= 11 is 3.51. The fourth-order valence-electron chi connectivity index (χ4n) is 2.36. The summed E-state index contributed by atoms with van der Waals surface area (Å²) in [5.74, 6) is 0. The van der Waals surface area contributed by atoms with Crippen LogP contribution >= 0.6 is 15.9 Å². The Bertz CT molecular complexity index is 567. The molecule has 18 heavy (non-hydrogen) atoms. The molecule has 0 amide bonds. The molecule has 0 atom stereocenters. The van der Waals surface area contributed by atoms with Gasteiger partial charge in [0.25, 0.3) is 0 Å². The summed E-state index contributed by atoms with van der Waals surface area (Å²) in [6.45, 7) is 2.17. The zero-order valence-electron chi connectivity index (χ0n) is 10.2. The molecule has 94 valence electrons.